The Morgan fingerprint density at radius 2 is 1.74 bits per heavy atom. The van der Waals surface area contributed by atoms with Gasteiger partial charge in [0.25, 0.3) is 0 Å². The molecule has 5 heteroatoms. The van der Waals surface area contributed by atoms with Crippen LogP contribution in [-0.2, 0) is 0 Å². The Kier molecular flexibility index (Phi) is 6.58. The van der Waals surface area contributed by atoms with Crippen LogP contribution in [0.25, 0.3) is 0 Å². The van der Waals surface area contributed by atoms with Gasteiger partial charge in [0.2, 0.25) is 0 Å². The van der Waals surface area contributed by atoms with Crippen molar-refractivity contribution in [3.05, 3.63) is 0 Å². The molecule has 3 atom stereocenters. The first kappa shape index (κ1) is 16.2. The van der Waals surface area contributed by atoms with Crippen LogP contribution in [0, 0.1) is 11.8 Å². The highest BCUT2D eigenvalue weighted by molar-refractivity contribution is 5.64. The molecule has 1 amide bonds. The second-order valence-corrected chi connectivity index (χ2v) is 6.02. The summed E-state index contributed by atoms with van der Waals surface area (Å²) in [6.07, 6.45) is 3.28. The van der Waals surface area contributed by atoms with Crippen molar-refractivity contribution in [2.45, 2.75) is 70.6 Å². The lowest BCUT2D eigenvalue weighted by atomic mass is 9.82. The average molecular weight is 273 g/mol. The van der Waals surface area contributed by atoms with E-state index in [0.717, 1.165) is 12.8 Å². The van der Waals surface area contributed by atoms with Crippen LogP contribution >= 0.6 is 0 Å². The van der Waals surface area contributed by atoms with Gasteiger partial charge in [-0.2, -0.15) is 0 Å². The van der Waals surface area contributed by atoms with Gasteiger partial charge in [-0.05, 0) is 18.3 Å². The minimum absolute atomic E-state index is 0.0977. The summed E-state index contributed by atoms with van der Waals surface area (Å²) in [5.41, 5.74) is 0. The molecule has 0 saturated heterocycles. The Morgan fingerprint density at radius 1 is 1.16 bits per heavy atom. The molecule has 1 fully saturated rings. The standard InChI is InChI=1S/C14H27NO4/c1-9(2)12(16)13(17)11(15-14(18)19)8-10-6-4-3-5-7-10/h9-13,15-17H,3-8H2,1-2H3,(H,18,19)/t11-,12+,13+/m0/s1. The van der Waals surface area contributed by atoms with E-state index in [0.29, 0.717) is 12.3 Å². The predicted octanol–water partition coefficient (Wildman–Crippen LogP) is 1.97. The molecule has 19 heavy (non-hydrogen) atoms. The van der Waals surface area contributed by atoms with Gasteiger partial charge in [0, 0.05) is 0 Å². The minimum atomic E-state index is -1.14. The normalized spacial score (nSPS) is 21.9. The second kappa shape index (κ2) is 7.70. The fraction of sp³-hybridized carbons (Fsp3) is 0.929. The summed E-state index contributed by atoms with van der Waals surface area (Å²) in [4.78, 5) is 10.8. The van der Waals surface area contributed by atoms with Crippen LogP contribution in [0.15, 0.2) is 0 Å². The van der Waals surface area contributed by atoms with E-state index in [9.17, 15) is 15.0 Å². The van der Waals surface area contributed by atoms with E-state index in [-0.39, 0.29) is 5.92 Å². The summed E-state index contributed by atoms with van der Waals surface area (Å²) < 4.78 is 0. The van der Waals surface area contributed by atoms with Crippen LogP contribution in [0.4, 0.5) is 4.79 Å². The highest BCUT2D eigenvalue weighted by atomic mass is 16.4. The lowest BCUT2D eigenvalue weighted by molar-refractivity contribution is -0.0320. The number of amides is 1. The zero-order valence-electron chi connectivity index (χ0n) is 11.9. The fourth-order valence-corrected chi connectivity index (χ4v) is 2.86. The first-order chi connectivity index (χ1) is 8.91. The molecule has 0 radical (unpaired) electrons. The van der Waals surface area contributed by atoms with Crippen molar-refractivity contribution in [1.82, 2.24) is 5.32 Å². The number of hydrogen-bond acceptors (Lipinski definition) is 3. The van der Waals surface area contributed by atoms with Gasteiger partial charge in [0.15, 0.2) is 0 Å². The zero-order valence-corrected chi connectivity index (χ0v) is 11.9. The number of hydrogen-bond donors (Lipinski definition) is 4. The van der Waals surface area contributed by atoms with E-state index in [1.807, 2.05) is 13.8 Å². The van der Waals surface area contributed by atoms with E-state index in [2.05, 4.69) is 5.32 Å². The van der Waals surface area contributed by atoms with Gasteiger partial charge < -0.3 is 20.6 Å². The Bertz CT molecular complexity index is 277. The molecular formula is C14H27NO4. The summed E-state index contributed by atoms with van der Waals surface area (Å²) in [7, 11) is 0. The van der Waals surface area contributed by atoms with Crippen LogP contribution in [-0.4, -0.2) is 39.7 Å². The average Bonchev–Trinajstić information content (AvgIpc) is 2.36. The first-order valence-corrected chi connectivity index (χ1v) is 7.27. The van der Waals surface area contributed by atoms with E-state index in [1.54, 1.807) is 0 Å². The Hall–Kier alpha value is -0.810. The molecule has 1 saturated carbocycles. The van der Waals surface area contributed by atoms with Crippen molar-refractivity contribution in [3.8, 4) is 0 Å². The van der Waals surface area contributed by atoms with Crippen molar-refractivity contribution in [3.63, 3.8) is 0 Å². The van der Waals surface area contributed by atoms with Gasteiger partial charge in [-0.25, -0.2) is 4.79 Å². The zero-order chi connectivity index (χ0) is 14.4. The van der Waals surface area contributed by atoms with E-state index >= 15 is 0 Å². The number of rotatable bonds is 6. The van der Waals surface area contributed by atoms with Crippen LogP contribution in [0.5, 0.6) is 0 Å². The number of carbonyl (C=O) groups is 1. The molecule has 1 aliphatic carbocycles. The second-order valence-electron chi connectivity index (χ2n) is 6.02. The largest absolute Gasteiger partial charge is 0.465 e. The van der Waals surface area contributed by atoms with Gasteiger partial charge in [-0.15, -0.1) is 0 Å². The van der Waals surface area contributed by atoms with Gasteiger partial charge in [-0.3, -0.25) is 0 Å². The highest BCUT2D eigenvalue weighted by Gasteiger charge is 2.31. The van der Waals surface area contributed by atoms with Crippen molar-refractivity contribution in [2.24, 2.45) is 11.8 Å². The molecule has 0 unspecified atom stereocenters. The Morgan fingerprint density at radius 3 is 2.21 bits per heavy atom. The molecule has 5 nitrogen and oxygen atoms in total. The Balaban J connectivity index is 2.61. The number of aliphatic hydroxyl groups excluding tert-OH is 2. The quantitative estimate of drug-likeness (QED) is 0.595. The molecule has 112 valence electrons. The molecule has 0 bridgehead atoms. The summed E-state index contributed by atoms with van der Waals surface area (Å²) in [5, 5.41) is 31.3. The van der Waals surface area contributed by atoms with Crippen LogP contribution in [0.1, 0.15) is 52.4 Å². The number of nitrogens with one attached hydrogen (secondary N) is 1. The van der Waals surface area contributed by atoms with Gasteiger partial charge >= 0.3 is 6.09 Å². The molecule has 0 aromatic heterocycles. The minimum Gasteiger partial charge on any atom is -0.465 e. The van der Waals surface area contributed by atoms with Crippen LogP contribution in [0.3, 0.4) is 0 Å². The van der Waals surface area contributed by atoms with Crippen molar-refractivity contribution in [1.29, 1.82) is 0 Å². The predicted molar refractivity (Wildman–Crippen MR) is 73.0 cm³/mol. The van der Waals surface area contributed by atoms with E-state index in [4.69, 9.17) is 5.11 Å². The smallest absolute Gasteiger partial charge is 0.404 e. The third-order valence-corrected chi connectivity index (χ3v) is 4.07. The van der Waals surface area contributed by atoms with Gasteiger partial charge in [0.05, 0.1) is 12.1 Å². The van der Waals surface area contributed by atoms with Crippen molar-refractivity contribution < 1.29 is 20.1 Å². The first-order valence-electron chi connectivity index (χ1n) is 7.27. The third-order valence-electron chi connectivity index (χ3n) is 4.07. The molecule has 1 rings (SSSR count). The molecule has 0 aromatic rings. The maximum Gasteiger partial charge on any atom is 0.404 e. The van der Waals surface area contributed by atoms with Gasteiger partial charge in [-0.1, -0.05) is 46.0 Å². The van der Waals surface area contributed by atoms with Crippen molar-refractivity contribution >= 4 is 6.09 Å². The lowest BCUT2D eigenvalue weighted by Crippen LogP contribution is -2.50. The SMILES string of the molecule is CC(C)[C@@H](O)[C@H](O)[C@H](CC1CCCCC1)NC(=O)O. The maximum absolute atomic E-state index is 10.8. The topological polar surface area (TPSA) is 89.8 Å². The lowest BCUT2D eigenvalue weighted by Gasteiger charge is -2.32. The van der Waals surface area contributed by atoms with Gasteiger partial charge in [0.1, 0.15) is 6.10 Å². The summed E-state index contributed by atoms with van der Waals surface area (Å²) in [6, 6.07) is -0.585. The number of carboxylic acid groups (broad SMARTS) is 1. The summed E-state index contributed by atoms with van der Waals surface area (Å²) in [5.74, 6) is 0.346. The van der Waals surface area contributed by atoms with Crippen molar-refractivity contribution in [2.75, 3.05) is 0 Å². The molecular weight excluding hydrogens is 246 g/mol. The summed E-state index contributed by atoms with van der Waals surface area (Å²) >= 11 is 0. The van der Waals surface area contributed by atoms with E-state index in [1.165, 1.54) is 19.3 Å². The van der Waals surface area contributed by atoms with Crippen LogP contribution in [0.2, 0.25) is 0 Å². The monoisotopic (exact) mass is 273 g/mol. The molecule has 0 spiro atoms. The maximum atomic E-state index is 10.8. The highest BCUT2D eigenvalue weighted by Crippen LogP contribution is 2.28. The molecule has 0 aliphatic heterocycles. The molecule has 1 aliphatic rings. The Labute approximate surface area is 115 Å². The van der Waals surface area contributed by atoms with Crippen LogP contribution < -0.4 is 5.32 Å². The van der Waals surface area contributed by atoms with E-state index < -0.39 is 24.3 Å². The molecule has 0 heterocycles. The fourth-order valence-electron chi connectivity index (χ4n) is 2.86. The summed E-state index contributed by atoms with van der Waals surface area (Å²) in [6.45, 7) is 3.62. The third kappa shape index (κ3) is 5.37. The number of aliphatic hydroxyl groups is 2. The molecule has 0 aromatic carbocycles. The molecule has 4 N–H and O–H groups in total.